The Bertz CT molecular complexity index is 877. The van der Waals surface area contributed by atoms with Crippen LogP contribution in [0.4, 0.5) is 10.2 Å². The zero-order chi connectivity index (χ0) is 22.8. The van der Waals surface area contributed by atoms with Crippen molar-refractivity contribution in [3.8, 4) is 5.75 Å². The Balaban J connectivity index is 1.38. The molecular formula is C23H29FN4O4. The minimum Gasteiger partial charge on any atom is -0.492 e. The Kier molecular flexibility index (Phi) is 8.79. The van der Waals surface area contributed by atoms with E-state index < -0.39 is 0 Å². The molecule has 172 valence electrons. The van der Waals surface area contributed by atoms with E-state index in [-0.39, 0.29) is 17.7 Å². The molecule has 1 N–H and O–H groups in total. The number of aromatic nitrogens is 1. The van der Waals surface area contributed by atoms with Crippen LogP contribution in [0.3, 0.4) is 0 Å². The third kappa shape index (κ3) is 7.19. The third-order valence-corrected chi connectivity index (χ3v) is 5.05. The van der Waals surface area contributed by atoms with E-state index in [4.69, 9.17) is 9.47 Å². The first-order valence-electron chi connectivity index (χ1n) is 10.8. The van der Waals surface area contributed by atoms with E-state index in [1.54, 1.807) is 25.1 Å². The van der Waals surface area contributed by atoms with Crippen molar-refractivity contribution in [1.29, 1.82) is 0 Å². The van der Waals surface area contributed by atoms with Crippen molar-refractivity contribution in [2.24, 2.45) is 0 Å². The molecule has 0 spiro atoms. The second-order valence-electron chi connectivity index (χ2n) is 7.39. The molecule has 2 heterocycles. The number of nitrogens with one attached hydrogen (secondary N) is 1. The van der Waals surface area contributed by atoms with Crippen LogP contribution in [0.5, 0.6) is 5.75 Å². The summed E-state index contributed by atoms with van der Waals surface area (Å²) in [4.78, 5) is 32.7. The molecule has 0 radical (unpaired) electrons. The van der Waals surface area contributed by atoms with Crippen molar-refractivity contribution in [3.63, 3.8) is 0 Å². The van der Waals surface area contributed by atoms with Crippen LogP contribution in [0.2, 0.25) is 0 Å². The first-order chi connectivity index (χ1) is 15.5. The molecule has 1 amide bonds. The standard InChI is InChI=1S/C23H29FN4O4/c1-2-31-23(30)18-4-9-21(26-16-18)28-12-3-11-27(13-14-28)17-22(29)25-10-15-32-20-7-5-19(24)6-8-20/h4-9,16H,2-3,10-15,17H2,1H3,(H,25,29). The molecule has 1 aromatic heterocycles. The maximum absolute atomic E-state index is 12.9. The summed E-state index contributed by atoms with van der Waals surface area (Å²) < 4.78 is 23.4. The number of pyridine rings is 1. The van der Waals surface area contributed by atoms with Crippen molar-refractivity contribution < 1.29 is 23.5 Å². The SMILES string of the molecule is CCOC(=O)c1ccc(N2CCCN(CC(=O)NCCOc3ccc(F)cc3)CC2)nc1. The molecule has 2 aromatic rings. The summed E-state index contributed by atoms with van der Waals surface area (Å²) in [7, 11) is 0. The van der Waals surface area contributed by atoms with Gasteiger partial charge in [-0.25, -0.2) is 14.2 Å². The van der Waals surface area contributed by atoms with Gasteiger partial charge in [0.2, 0.25) is 5.91 Å². The monoisotopic (exact) mass is 444 g/mol. The molecule has 32 heavy (non-hydrogen) atoms. The van der Waals surface area contributed by atoms with Gasteiger partial charge < -0.3 is 19.7 Å². The fourth-order valence-corrected chi connectivity index (χ4v) is 3.42. The van der Waals surface area contributed by atoms with Gasteiger partial charge in [0.15, 0.2) is 0 Å². The van der Waals surface area contributed by atoms with Crippen LogP contribution >= 0.6 is 0 Å². The number of hydrogen-bond donors (Lipinski definition) is 1. The number of carbonyl (C=O) groups is 2. The number of carbonyl (C=O) groups excluding carboxylic acids is 2. The molecule has 3 rings (SSSR count). The number of benzene rings is 1. The number of nitrogens with zero attached hydrogens (tertiary/aromatic N) is 3. The van der Waals surface area contributed by atoms with Crippen molar-refractivity contribution in [1.82, 2.24) is 15.2 Å². The van der Waals surface area contributed by atoms with Crippen molar-refractivity contribution in [2.45, 2.75) is 13.3 Å². The number of anilines is 1. The zero-order valence-corrected chi connectivity index (χ0v) is 18.3. The van der Waals surface area contributed by atoms with E-state index in [1.807, 2.05) is 6.07 Å². The minimum absolute atomic E-state index is 0.0573. The highest BCUT2D eigenvalue weighted by Crippen LogP contribution is 2.15. The minimum atomic E-state index is -0.373. The third-order valence-electron chi connectivity index (χ3n) is 5.05. The predicted molar refractivity (Wildman–Crippen MR) is 118 cm³/mol. The lowest BCUT2D eigenvalue weighted by Crippen LogP contribution is -2.40. The molecule has 0 atom stereocenters. The Labute approximate surface area is 187 Å². The van der Waals surface area contributed by atoms with Crippen molar-refractivity contribution in [3.05, 3.63) is 54.0 Å². The molecule has 1 aliphatic heterocycles. The van der Waals surface area contributed by atoms with E-state index in [2.05, 4.69) is 20.1 Å². The summed E-state index contributed by atoms with van der Waals surface area (Å²) in [6, 6.07) is 9.33. The van der Waals surface area contributed by atoms with E-state index in [1.165, 1.54) is 18.3 Å². The Morgan fingerprint density at radius 3 is 2.62 bits per heavy atom. The Hall–Kier alpha value is -3.20. The van der Waals surface area contributed by atoms with Crippen LogP contribution in [-0.4, -0.2) is 74.2 Å². The molecule has 1 aliphatic rings. The number of esters is 1. The van der Waals surface area contributed by atoms with Gasteiger partial charge in [-0.1, -0.05) is 0 Å². The highest BCUT2D eigenvalue weighted by Gasteiger charge is 2.18. The number of rotatable bonds is 9. The number of ether oxygens (including phenoxy) is 2. The average molecular weight is 445 g/mol. The molecule has 0 unspecified atom stereocenters. The van der Waals surface area contributed by atoms with Crippen molar-refractivity contribution in [2.75, 3.05) is 57.4 Å². The molecule has 1 saturated heterocycles. The normalized spacial score (nSPS) is 14.5. The molecule has 0 saturated carbocycles. The van der Waals surface area contributed by atoms with Crippen LogP contribution in [0, 0.1) is 5.82 Å². The lowest BCUT2D eigenvalue weighted by molar-refractivity contribution is -0.122. The van der Waals surface area contributed by atoms with Gasteiger partial charge in [0.05, 0.1) is 25.3 Å². The zero-order valence-electron chi connectivity index (χ0n) is 18.3. The van der Waals surface area contributed by atoms with Gasteiger partial charge >= 0.3 is 5.97 Å². The average Bonchev–Trinajstić information content (AvgIpc) is 3.04. The summed E-state index contributed by atoms with van der Waals surface area (Å²) >= 11 is 0. The smallest absolute Gasteiger partial charge is 0.339 e. The largest absolute Gasteiger partial charge is 0.492 e. The Morgan fingerprint density at radius 2 is 1.91 bits per heavy atom. The molecule has 0 bridgehead atoms. The van der Waals surface area contributed by atoms with Crippen LogP contribution in [-0.2, 0) is 9.53 Å². The van der Waals surface area contributed by atoms with E-state index in [9.17, 15) is 14.0 Å². The van der Waals surface area contributed by atoms with E-state index in [0.717, 1.165) is 38.4 Å². The van der Waals surface area contributed by atoms with Crippen molar-refractivity contribution >= 4 is 17.7 Å². The van der Waals surface area contributed by atoms with Gasteiger partial charge in [-0.3, -0.25) is 9.69 Å². The summed E-state index contributed by atoms with van der Waals surface area (Å²) in [6.07, 6.45) is 2.44. The fraction of sp³-hybridized carbons (Fsp3) is 0.435. The maximum atomic E-state index is 12.9. The molecule has 9 heteroatoms. The van der Waals surface area contributed by atoms with Gasteiger partial charge in [0.1, 0.15) is 24.0 Å². The van der Waals surface area contributed by atoms with Gasteiger partial charge in [0, 0.05) is 32.4 Å². The number of amides is 1. The topological polar surface area (TPSA) is 84.0 Å². The molecule has 8 nitrogen and oxygen atoms in total. The lowest BCUT2D eigenvalue weighted by atomic mass is 10.2. The summed E-state index contributed by atoms with van der Waals surface area (Å²) in [5.74, 6) is 0.631. The highest BCUT2D eigenvalue weighted by molar-refractivity contribution is 5.89. The van der Waals surface area contributed by atoms with E-state index in [0.29, 0.717) is 37.6 Å². The summed E-state index contributed by atoms with van der Waals surface area (Å²) in [5, 5.41) is 2.85. The first kappa shape index (κ1) is 23.5. The first-order valence-corrected chi connectivity index (χ1v) is 10.8. The van der Waals surface area contributed by atoms with Gasteiger partial charge in [-0.15, -0.1) is 0 Å². The lowest BCUT2D eigenvalue weighted by Gasteiger charge is -2.22. The quantitative estimate of drug-likeness (QED) is 0.468. The number of hydrogen-bond acceptors (Lipinski definition) is 7. The van der Waals surface area contributed by atoms with Gasteiger partial charge in [-0.2, -0.15) is 0 Å². The molecular weight excluding hydrogens is 415 g/mol. The van der Waals surface area contributed by atoms with Crippen LogP contribution in [0.25, 0.3) is 0 Å². The molecule has 1 fully saturated rings. The van der Waals surface area contributed by atoms with Crippen LogP contribution in [0.15, 0.2) is 42.6 Å². The van der Waals surface area contributed by atoms with Crippen LogP contribution in [0.1, 0.15) is 23.7 Å². The summed E-state index contributed by atoms with van der Waals surface area (Å²) in [6.45, 7) is 6.24. The van der Waals surface area contributed by atoms with Gasteiger partial charge in [-0.05, 0) is 49.7 Å². The fourth-order valence-electron chi connectivity index (χ4n) is 3.42. The second kappa shape index (κ2) is 12.0. The highest BCUT2D eigenvalue weighted by atomic mass is 19.1. The Morgan fingerprint density at radius 1 is 1.09 bits per heavy atom. The maximum Gasteiger partial charge on any atom is 0.339 e. The predicted octanol–water partition coefficient (Wildman–Crippen LogP) is 2.10. The van der Waals surface area contributed by atoms with Crippen LogP contribution < -0.4 is 15.0 Å². The number of halogens is 1. The van der Waals surface area contributed by atoms with E-state index >= 15 is 0 Å². The summed E-state index contributed by atoms with van der Waals surface area (Å²) in [5.41, 5.74) is 0.437. The second-order valence-corrected chi connectivity index (χ2v) is 7.39. The molecule has 0 aliphatic carbocycles. The molecule has 1 aromatic carbocycles. The van der Waals surface area contributed by atoms with Gasteiger partial charge in [0.25, 0.3) is 0 Å².